The van der Waals surface area contributed by atoms with Gasteiger partial charge < -0.3 is 16.0 Å². The summed E-state index contributed by atoms with van der Waals surface area (Å²) in [5, 5.41) is 8.55. The van der Waals surface area contributed by atoms with Crippen molar-refractivity contribution in [3.63, 3.8) is 0 Å². The van der Waals surface area contributed by atoms with Gasteiger partial charge in [0.05, 0.1) is 13.1 Å². The minimum absolute atomic E-state index is 0.00758. The van der Waals surface area contributed by atoms with E-state index < -0.39 is 0 Å². The quantitative estimate of drug-likeness (QED) is 0.557. The van der Waals surface area contributed by atoms with Crippen molar-refractivity contribution in [3.05, 3.63) is 65.7 Å². The van der Waals surface area contributed by atoms with Gasteiger partial charge in [-0.05, 0) is 48.9 Å². The van der Waals surface area contributed by atoms with Crippen LogP contribution in [0.2, 0.25) is 0 Å². The van der Waals surface area contributed by atoms with E-state index in [9.17, 15) is 13.6 Å². The second-order valence-corrected chi connectivity index (χ2v) is 5.23. The van der Waals surface area contributed by atoms with Crippen LogP contribution in [-0.4, -0.2) is 25.0 Å². The molecule has 0 aliphatic rings. The largest absolute Gasteiger partial charge is 0.357 e. The summed E-state index contributed by atoms with van der Waals surface area (Å²) in [5.74, 6) is -0.525. The van der Waals surface area contributed by atoms with Crippen molar-refractivity contribution < 1.29 is 13.6 Å². The first kappa shape index (κ1) is 18.4. The van der Waals surface area contributed by atoms with E-state index in [2.05, 4.69) is 20.9 Å². The Labute approximate surface area is 145 Å². The van der Waals surface area contributed by atoms with E-state index in [1.54, 1.807) is 12.1 Å². The Morgan fingerprint density at radius 3 is 2.48 bits per heavy atom. The molecular formula is C18H20F2N4O. The predicted molar refractivity (Wildman–Crippen MR) is 94.2 cm³/mol. The number of carbonyl (C=O) groups excluding carboxylic acids is 1. The van der Waals surface area contributed by atoms with Gasteiger partial charge in [-0.15, -0.1) is 0 Å². The third-order valence-electron chi connectivity index (χ3n) is 3.20. The van der Waals surface area contributed by atoms with E-state index in [4.69, 9.17) is 0 Å². The summed E-state index contributed by atoms with van der Waals surface area (Å²) in [4.78, 5) is 16.2. The molecule has 2 aromatic carbocycles. The van der Waals surface area contributed by atoms with Gasteiger partial charge in [0.2, 0.25) is 5.91 Å². The molecule has 0 aromatic heterocycles. The van der Waals surface area contributed by atoms with E-state index in [0.29, 0.717) is 18.2 Å². The lowest BCUT2D eigenvalue weighted by atomic mass is 10.2. The zero-order valence-corrected chi connectivity index (χ0v) is 13.9. The summed E-state index contributed by atoms with van der Waals surface area (Å²) < 4.78 is 26.0. The maximum absolute atomic E-state index is 13.2. The number of hydrogen-bond acceptors (Lipinski definition) is 2. The first-order valence-electron chi connectivity index (χ1n) is 7.89. The number of amides is 1. The summed E-state index contributed by atoms with van der Waals surface area (Å²) in [6, 6.07) is 11.7. The number of anilines is 1. The number of guanidine groups is 1. The van der Waals surface area contributed by atoms with Gasteiger partial charge in [0.25, 0.3) is 0 Å². The smallest absolute Gasteiger partial charge is 0.243 e. The van der Waals surface area contributed by atoms with E-state index in [0.717, 1.165) is 5.56 Å². The minimum atomic E-state index is -0.366. The molecule has 2 aromatic rings. The van der Waals surface area contributed by atoms with Crippen molar-refractivity contribution in [2.75, 3.05) is 18.4 Å². The fourth-order valence-corrected chi connectivity index (χ4v) is 2.05. The molecule has 1 amide bonds. The number of benzene rings is 2. The lowest BCUT2D eigenvalue weighted by Gasteiger charge is -2.11. The number of halogens is 2. The van der Waals surface area contributed by atoms with Crippen LogP contribution in [0.5, 0.6) is 0 Å². The van der Waals surface area contributed by atoms with Gasteiger partial charge >= 0.3 is 0 Å². The Bertz CT molecular complexity index is 732. The standard InChI is InChI=1S/C18H20F2N4O/c1-2-21-18(22-11-13-4-3-5-15(20)10-13)23-12-17(25)24-16-8-6-14(19)7-9-16/h3-10H,2,11-12H2,1H3,(H,24,25)(H2,21,22,23). The number of rotatable bonds is 6. The first-order chi connectivity index (χ1) is 12.1. The average molecular weight is 346 g/mol. The van der Waals surface area contributed by atoms with Crippen molar-refractivity contribution in [1.29, 1.82) is 0 Å². The maximum Gasteiger partial charge on any atom is 0.243 e. The van der Waals surface area contributed by atoms with Crippen LogP contribution in [0.15, 0.2) is 53.5 Å². The molecule has 3 N–H and O–H groups in total. The van der Waals surface area contributed by atoms with Crippen molar-refractivity contribution >= 4 is 17.6 Å². The molecule has 0 radical (unpaired) electrons. The molecule has 0 saturated heterocycles. The topological polar surface area (TPSA) is 65.5 Å². The van der Waals surface area contributed by atoms with E-state index in [1.807, 2.05) is 6.92 Å². The number of nitrogens with zero attached hydrogens (tertiary/aromatic N) is 1. The fraction of sp³-hybridized carbons (Fsp3) is 0.222. The highest BCUT2D eigenvalue weighted by Gasteiger charge is 2.05. The van der Waals surface area contributed by atoms with Gasteiger partial charge in [0.15, 0.2) is 5.96 Å². The molecule has 0 aliphatic heterocycles. The van der Waals surface area contributed by atoms with Crippen molar-refractivity contribution in [3.8, 4) is 0 Å². The third-order valence-corrected chi connectivity index (χ3v) is 3.20. The Morgan fingerprint density at radius 2 is 1.80 bits per heavy atom. The first-order valence-corrected chi connectivity index (χ1v) is 7.89. The summed E-state index contributed by atoms with van der Waals surface area (Å²) >= 11 is 0. The number of carbonyl (C=O) groups is 1. The highest BCUT2D eigenvalue weighted by atomic mass is 19.1. The van der Waals surface area contributed by atoms with Gasteiger partial charge in [0, 0.05) is 12.2 Å². The lowest BCUT2D eigenvalue weighted by molar-refractivity contribution is -0.115. The van der Waals surface area contributed by atoms with E-state index in [1.165, 1.54) is 36.4 Å². The Hall–Kier alpha value is -2.96. The van der Waals surface area contributed by atoms with E-state index >= 15 is 0 Å². The zero-order valence-electron chi connectivity index (χ0n) is 13.9. The van der Waals surface area contributed by atoms with Crippen LogP contribution in [0.3, 0.4) is 0 Å². The monoisotopic (exact) mass is 346 g/mol. The molecule has 0 heterocycles. The molecule has 0 atom stereocenters. The van der Waals surface area contributed by atoms with E-state index in [-0.39, 0.29) is 30.6 Å². The summed E-state index contributed by atoms with van der Waals surface area (Å²) in [7, 11) is 0. The fourth-order valence-electron chi connectivity index (χ4n) is 2.05. The van der Waals surface area contributed by atoms with Gasteiger partial charge in [-0.3, -0.25) is 4.79 Å². The molecule has 132 valence electrons. The molecule has 0 unspecified atom stereocenters. The highest BCUT2D eigenvalue weighted by Crippen LogP contribution is 2.07. The SMILES string of the molecule is CCNC(=NCc1cccc(F)c1)NCC(=O)Nc1ccc(F)cc1. The number of nitrogens with one attached hydrogen (secondary N) is 3. The molecule has 7 heteroatoms. The number of aliphatic imine (C=N–C) groups is 1. The predicted octanol–water partition coefficient (Wildman–Crippen LogP) is 2.66. The van der Waals surface area contributed by atoms with Crippen LogP contribution in [-0.2, 0) is 11.3 Å². The average Bonchev–Trinajstić information content (AvgIpc) is 2.59. The number of hydrogen-bond donors (Lipinski definition) is 3. The van der Waals surface area contributed by atoms with Crippen LogP contribution in [0.4, 0.5) is 14.5 Å². The molecule has 0 saturated carbocycles. The summed E-state index contributed by atoms with van der Waals surface area (Å²) in [6.45, 7) is 2.80. The molecular weight excluding hydrogens is 326 g/mol. The normalized spacial score (nSPS) is 11.1. The molecule has 0 spiro atoms. The Kier molecular flexibility index (Phi) is 6.88. The second kappa shape index (κ2) is 9.36. The van der Waals surface area contributed by atoms with Crippen molar-refractivity contribution in [2.45, 2.75) is 13.5 Å². The minimum Gasteiger partial charge on any atom is -0.357 e. The van der Waals surface area contributed by atoms with Crippen LogP contribution >= 0.6 is 0 Å². The Balaban J connectivity index is 1.88. The molecule has 25 heavy (non-hydrogen) atoms. The zero-order chi connectivity index (χ0) is 18.1. The summed E-state index contributed by atoms with van der Waals surface area (Å²) in [6.07, 6.45) is 0. The van der Waals surface area contributed by atoms with Crippen LogP contribution in [0.25, 0.3) is 0 Å². The van der Waals surface area contributed by atoms with Crippen LogP contribution < -0.4 is 16.0 Å². The third kappa shape index (κ3) is 6.58. The second-order valence-electron chi connectivity index (χ2n) is 5.23. The molecule has 0 fully saturated rings. The van der Waals surface area contributed by atoms with Gasteiger partial charge in [-0.1, -0.05) is 12.1 Å². The van der Waals surface area contributed by atoms with Gasteiger partial charge in [0.1, 0.15) is 11.6 Å². The van der Waals surface area contributed by atoms with Gasteiger partial charge in [-0.2, -0.15) is 0 Å². The molecule has 5 nitrogen and oxygen atoms in total. The maximum atomic E-state index is 13.2. The van der Waals surface area contributed by atoms with Crippen molar-refractivity contribution in [2.24, 2.45) is 4.99 Å². The van der Waals surface area contributed by atoms with Gasteiger partial charge in [-0.25, -0.2) is 13.8 Å². The highest BCUT2D eigenvalue weighted by molar-refractivity contribution is 5.94. The van der Waals surface area contributed by atoms with Crippen LogP contribution in [0.1, 0.15) is 12.5 Å². The molecule has 0 aliphatic carbocycles. The summed E-state index contributed by atoms with van der Waals surface area (Å²) in [5.41, 5.74) is 1.24. The molecule has 2 rings (SSSR count). The Morgan fingerprint density at radius 1 is 1.04 bits per heavy atom. The molecule has 0 bridgehead atoms. The van der Waals surface area contributed by atoms with Crippen LogP contribution in [0, 0.1) is 11.6 Å². The van der Waals surface area contributed by atoms with Crippen molar-refractivity contribution in [1.82, 2.24) is 10.6 Å². The lowest BCUT2D eigenvalue weighted by Crippen LogP contribution is -2.41.